The largest absolute Gasteiger partial charge is 0.450 e. The van der Waals surface area contributed by atoms with Crippen molar-refractivity contribution in [3.05, 3.63) is 0 Å². The molecule has 4 saturated heterocycles. The molecule has 5 aliphatic heterocycles. The fourth-order valence-electron chi connectivity index (χ4n) is 6.06. The molecule has 21 nitrogen and oxygen atoms in total. The first-order valence-corrected chi connectivity index (χ1v) is 15.0. The molecule has 0 aromatic rings. The van der Waals surface area contributed by atoms with E-state index in [4.69, 9.17) is 37.9 Å². The van der Waals surface area contributed by atoms with Gasteiger partial charge in [0.1, 0.15) is 97.6 Å². The highest BCUT2D eigenvalue weighted by molar-refractivity contribution is 5.75. The van der Waals surface area contributed by atoms with Gasteiger partial charge < -0.3 is 99.2 Å². The van der Waals surface area contributed by atoms with Crippen molar-refractivity contribution in [2.75, 3.05) is 26.4 Å². The molecule has 0 spiro atoms. The lowest BCUT2D eigenvalue weighted by Gasteiger charge is -2.48. The van der Waals surface area contributed by atoms with E-state index in [1.165, 1.54) is 6.92 Å². The summed E-state index contributed by atoms with van der Waals surface area (Å²) in [5.74, 6) is 0.201. The Bertz CT molecular complexity index is 1050. The molecule has 5 aliphatic rings. The van der Waals surface area contributed by atoms with Crippen molar-refractivity contribution < 1.29 is 99.2 Å². The van der Waals surface area contributed by atoms with Crippen LogP contribution in [0.4, 0.5) is 0 Å². The van der Waals surface area contributed by atoms with Gasteiger partial charge in [-0.25, -0.2) is 4.99 Å². The van der Waals surface area contributed by atoms with Gasteiger partial charge in [-0.05, 0) is 0 Å². The zero-order valence-electron chi connectivity index (χ0n) is 25.0. The molecule has 4 fully saturated rings. The van der Waals surface area contributed by atoms with Crippen molar-refractivity contribution in [2.45, 2.75) is 130 Å². The van der Waals surface area contributed by atoms with Gasteiger partial charge in [0.25, 0.3) is 0 Å². The first-order chi connectivity index (χ1) is 22.3. The van der Waals surface area contributed by atoms with E-state index in [-0.39, 0.29) is 5.90 Å². The van der Waals surface area contributed by atoms with E-state index in [2.05, 4.69) is 4.99 Å². The van der Waals surface area contributed by atoms with E-state index in [1.807, 2.05) is 0 Å². The molecule has 47 heavy (non-hydrogen) atoms. The van der Waals surface area contributed by atoms with Crippen LogP contribution in [0.25, 0.3) is 0 Å². The lowest BCUT2D eigenvalue weighted by Crippen LogP contribution is -2.66. The van der Waals surface area contributed by atoms with Crippen LogP contribution in [0.5, 0.6) is 0 Å². The zero-order valence-corrected chi connectivity index (χ0v) is 25.0. The minimum Gasteiger partial charge on any atom is -0.450 e. The summed E-state index contributed by atoms with van der Waals surface area (Å²) in [6, 6.07) is -0.986. The fraction of sp³-hybridized carbons (Fsp3) is 0.962. The third kappa shape index (κ3) is 7.30. The molecule has 272 valence electrons. The minimum atomic E-state index is -1.96. The predicted octanol–water partition coefficient (Wildman–Crippen LogP) is -8.28. The monoisotopic (exact) mass is 689 g/mol. The molecule has 0 aromatic carbocycles. The summed E-state index contributed by atoms with van der Waals surface area (Å²) in [4.78, 5) is 4.16. The normalized spacial score (nSPS) is 52.1. The summed E-state index contributed by atoms with van der Waals surface area (Å²) in [6.07, 6.45) is -31.3. The Labute approximate surface area is 266 Å². The maximum atomic E-state index is 11.3. The van der Waals surface area contributed by atoms with Crippen molar-refractivity contribution in [3.8, 4) is 0 Å². The van der Waals surface area contributed by atoms with Crippen molar-refractivity contribution in [1.29, 1.82) is 0 Å². The fourth-order valence-corrected chi connectivity index (χ4v) is 6.06. The van der Waals surface area contributed by atoms with Crippen molar-refractivity contribution in [1.82, 2.24) is 0 Å². The van der Waals surface area contributed by atoms with Crippen LogP contribution in [0.2, 0.25) is 0 Å². The molecule has 20 atom stereocenters. The molecule has 0 amide bonds. The Hall–Kier alpha value is -1.29. The lowest BCUT2D eigenvalue weighted by molar-refractivity contribution is -0.378. The topological polar surface area (TPSA) is 329 Å². The SMILES string of the molecule is CC1=NC2[C@H](O1)OC(CO)[C@H](O[C@@H]1OC(CO[C@@H]3OC(CO)[C@H](O)[C@H](O)C3O)[C@H](O)[C@H](O[C@H]3O[C@H](CO)[C@@H](O)C(O)C3O)C1O)[C@@H]2O. The summed E-state index contributed by atoms with van der Waals surface area (Å²) in [5, 5.41) is 124. The molecule has 0 radical (unpaired) electrons. The van der Waals surface area contributed by atoms with Crippen LogP contribution in [0.1, 0.15) is 6.92 Å². The summed E-state index contributed by atoms with van der Waals surface area (Å²) in [5.41, 5.74) is 0. The minimum absolute atomic E-state index is 0.201. The molecule has 8 unspecified atom stereocenters. The number of ether oxygens (including phenoxy) is 8. The molecule has 0 aliphatic carbocycles. The van der Waals surface area contributed by atoms with Gasteiger partial charge in [-0.1, -0.05) is 0 Å². The van der Waals surface area contributed by atoms with E-state index in [9.17, 15) is 61.3 Å². The Balaban J connectivity index is 1.37. The van der Waals surface area contributed by atoms with Crippen LogP contribution in [-0.4, -0.2) is 216 Å². The molecular formula is C26H43NO20. The molecule has 21 heteroatoms. The second-order valence-electron chi connectivity index (χ2n) is 11.9. The van der Waals surface area contributed by atoms with Gasteiger partial charge in [0.15, 0.2) is 24.8 Å². The van der Waals surface area contributed by atoms with Gasteiger partial charge in [-0.3, -0.25) is 0 Å². The highest BCUT2D eigenvalue weighted by Gasteiger charge is 2.55. The highest BCUT2D eigenvalue weighted by Crippen LogP contribution is 2.35. The van der Waals surface area contributed by atoms with Crippen molar-refractivity contribution in [2.24, 2.45) is 4.99 Å². The molecule has 0 aromatic heterocycles. The van der Waals surface area contributed by atoms with Crippen LogP contribution in [-0.2, 0) is 37.9 Å². The van der Waals surface area contributed by atoms with E-state index in [0.29, 0.717) is 0 Å². The van der Waals surface area contributed by atoms with E-state index in [1.54, 1.807) is 0 Å². The van der Waals surface area contributed by atoms with Crippen LogP contribution in [0.3, 0.4) is 0 Å². The van der Waals surface area contributed by atoms with E-state index >= 15 is 0 Å². The molecule has 5 rings (SSSR count). The van der Waals surface area contributed by atoms with Gasteiger partial charge in [-0.2, -0.15) is 0 Å². The standard InChI is InChI=1S/C26H43NO20/c1-6-27-11-15(34)21(9(4-30)44-23(11)41-6)46-26-20(39)22(47-25-19(38)17(36)13(32)8(3-29)43-25)14(33)10(45-26)5-40-24-18(37)16(35)12(31)7(2-28)42-24/h7-26,28-39H,2-5H2,1H3/t7?,8-,9?,10?,11?,12+,13-,14+,15-,16+,17?,18?,19?,20?,21+,22+,23-,24-,25-,26+/m1/s1. The smallest absolute Gasteiger partial charge is 0.227 e. The summed E-state index contributed by atoms with van der Waals surface area (Å²) in [6.45, 7) is -1.41. The van der Waals surface area contributed by atoms with E-state index < -0.39 is 149 Å². The van der Waals surface area contributed by atoms with Gasteiger partial charge in [0.2, 0.25) is 6.29 Å². The van der Waals surface area contributed by atoms with Crippen LogP contribution in [0, 0.1) is 0 Å². The number of aliphatic hydroxyl groups excluding tert-OH is 12. The van der Waals surface area contributed by atoms with Crippen molar-refractivity contribution in [3.63, 3.8) is 0 Å². The van der Waals surface area contributed by atoms with Crippen LogP contribution in [0.15, 0.2) is 4.99 Å². The van der Waals surface area contributed by atoms with Crippen LogP contribution >= 0.6 is 0 Å². The van der Waals surface area contributed by atoms with Gasteiger partial charge >= 0.3 is 0 Å². The molecule has 12 N–H and O–H groups in total. The Kier molecular flexibility index (Phi) is 12.0. The number of hydrogen-bond acceptors (Lipinski definition) is 21. The van der Waals surface area contributed by atoms with Gasteiger partial charge in [-0.15, -0.1) is 0 Å². The number of nitrogens with zero attached hydrogens (tertiary/aromatic N) is 1. The summed E-state index contributed by atoms with van der Waals surface area (Å²) in [7, 11) is 0. The van der Waals surface area contributed by atoms with Gasteiger partial charge in [0.05, 0.1) is 26.4 Å². The summed E-state index contributed by atoms with van der Waals surface area (Å²) < 4.78 is 44.6. The van der Waals surface area contributed by atoms with Gasteiger partial charge in [0, 0.05) is 6.92 Å². The maximum absolute atomic E-state index is 11.3. The second-order valence-corrected chi connectivity index (χ2v) is 11.9. The third-order valence-electron chi connectivity index (χ3n) is 8.78. The average molecular weight is 690 g/mol. The number of hydrogen-bond donors (Lipinski definition) is 12. The average Bonchev–Trinajstić information content (AvgIpc) is 3.44. The van der Waals surface area contributed by atoms with Crippen LogP contribution < -0.4 is 0 Å². The third-order valence-corrected chi connectivity index (χ3v) is 8.78. The number of aliphatic imine (C=N–C) groups is 1. The van der Waals surface area contributed by atoms with E-state index in [0.717, 1.165) is 0 Å². The number of rotatable bonds is 10. The molecule has 0 bridgehead atoms. The quantitative estimate of drug-likeness (QED) is 0.101. The Morgan fingerprint density at radius 2 is 1.04 bits per heavy atom. The number of aliphatic hydroxyl groups is 12. The zero-order chi connectivity index (χ0) is 34.3. The maximum Gasteiger partial charge on any atom is 0.227 e. The lowest BCUT2D eigenvalue weighted by atomic mass is 9.95. The predicted molar refractivity (Wildman–Crippen MR) is 144 cm³/mol. The Morgan fingerprint density at radius 1 is 0.532 bits per heavy atom. The number of fused-ring (bicyclic) bond motifs is 1. The first kappa shape index (κ1) is 37.0. The Morgan fingerprint density at radius 3 is 1.64 bits per heavy atom. The summed E-state index contributed by atoms with van der Waals surface area (Å²) >= 11 is 0. The first-order valence-electron chi connectivity index (χ1n) is 15.0. The molecule has 5 heterocycles. The second kappa shape index (κ2) is 15.3. The molecular weight excluding hydrogens is 646 g/mol. The van der Waals surface area contributed by atoms with Crippen molar-refractivity contribution >= 4 is 5.90 Å². The highest BCUT2D eigenvalue weighted by atomic mass is 16.8. The molecule has 0 saturated carbocycles.